The highest BCUT2D eigenvalue weighted by Gasteiger charge is 2.28. The van der Waals surface area contributed by atoms with E-state index in [9.17, 15) is 13.2 Å². The number of benzene rings is 2. The second-order valence-corrected chi connectivity index (χ2v) is 8.17. The van der Waals surface area contributed by atoms with E-state index in [1.165, 1.54) is 4.31 Å². The van der Waals surface area contributed by atoms with E-state index in [1.807, 2.05) is 6.07 Å². The normalized spacial score (nSPS) is 15.4. The van der Waals surface area contributed by atoms with Crippen molar-refractivity contribution in [3.05, 3.63) is 53.6 Å². The van der Waals surface area contributed by atoms with Crippen LogP contribution in [-0.4, -0.2) is 40.8 Å². The number of carbonyl (C=O) groups is 1. The molecule has 0 atom stereocenters. The Morgan fingerprint density at radius 1 is 1.07 bits per heavy atom. The standard InChI is InChI=1S/C19H22N2O5S/c1-25-17-9-4-14(12-18(17)26-2)13-20-19(22)15-5-7-16(8-6-15)21-10-3-11-27(21,23)24/h4-9,12H,3,10-11,13H2,1-2H3,(H,20,22). The van der Waals surface area contributed by atoms with E-state index in [4.69, 9.17) is 9.47 Å². The van der Waals surface area contributed by atoms with Gasteiger partial charge in [-0.2, -0.15) is 0 Å². The maximum Gasteiger partial charge on any atom is 0.251 e. The van der Waals surface area contributed by atoms with Crippen LogP contribution in [0.1, 0.15) is 22.3 Å². The summed E-state index contributed by atoms with van der Waals surface area (Å²) < 4.78 is 35.8. The molecule has 2 aromatic rings. The van der Waals surface area contributed by atoms with E-state index in [-0.39, 0.29) is 11.7 Å². The molecule has 1 fully saturated rings. The SMILES string of the molecule is COc1ccc(CNC(=O)c2ccc(N3CCCS3(=O)=O)cc2)cc1OC. The van der Waals surface area contributed by atoms with Crippen molar-refractivity contribution in [2.24, 2.45) is 0 Å². The minimum absolute atomic E-state index is 0.167. The molecule has 7 nitrogen and oxygen atoms in total. The summed E-state index contributed by atoms with van der Waals surface area (Å²) in [4.78, 5) is 12.4. The molecule has 27 heavy (non-hydrogen) atoms. The minimum Gasteiger partial charge on any atom is -0.493 e. The number of nitrogens with one attached hydrogen (secondary N) is 1. The molecule has 1 heterocycles. The molecule has 0 bridgehead atoms. The van der Waals surface area contributed by atoms with Gasteiger partial charge >= 0.3 is 0 Å². The van der Waals surface area contributed by atoms with Crippen LogP contribution in [0.15, 0.2) is 42.5 Å². The third kappa shape index (κ3) is 4.16. The maximum atomic E-state index is 12.4. The van der Waals surface area contributed by atoms with Gasteiger partial charge in [-0.1, -0.05) is 6.07 Å². The van der Waals surface area contributed by atoms with Crippen LogP contribution in [0.25, 0.3) is 0 Å². The maximum absolute atomic E-state index is 12.4. The number of ether oxygens (including phenoxy) is 2. The first-order chi connectivity index (χ1) is 12.9. The van der Waals surface area contributed by atoms with Crippen molar-refractivity contribution in [2.75, 3.05) is 30.8 Å². The van der Waals surface area contributed by atoms with Crippen LogP contribution in [0.5, 0.6) is 11.5 Å². The van der Waals surface area contributed by atoms with Gasteiger partial charge in [-0.3, -0.25) is 9.10 Å². The van der Waals surface area contributed by atoms with Gasteiger partial charge in [0.05, 0.1) is 25.7 Å². The molecule has 0 aliphatic carbocycles. The second-order valence-electron chi connectivity index (χ2n) is 6.16. The van der Waals surface area contributed by atoms with Gasteiger partial charge in [0, 0.05) is 18.7 Å². The molecule has 3 rings (SSSR count). The lowest BCUT2D eigenvalue weighted by molar-refractivity contribution is 0.0951. The zero-order valence-electron chi connectivity index (χ0n) is 15.3. The van der Waals surface area contributed by atoms with Crippen LogP contribution in [-0.2, 0) is 16.6 Å². The average molecular weight is 390 g/mol. The highest BCUT2D eigenvalue weighted by molar-refractivity contribution is 7.93. The molecule has 0 saturated carbocycles. The number of methoxy groups -OCH3 is 2. The molecule has 8 heteroatoms. The van der Waals surface area contributed by atoms with Crippen molar-refractivity contribution >= 4 is 21.6 Å². The molecule has 1 aliphatic heterocycles. The first kappa shape index (κ1) is 19.0. The molecule has 1 saturated heterocycles. The Morgan fingerprint density at radius 2 is 1.78 bits per heavy atom. The molecule has 0 spiro atoms. The molecule has 2 aromatic carbocycles. The van der Waals surface area contributed by atoms with E-state index >= 15 is 0 Å². The van der Waals surface area contributed by atoms with Crippen molar-refractivity contribution < 1.29 is 22.7 Å². The molecule has 0 aromatic heterocycles. The number of carbonyl (C=O) groups excluding carboxylic acids is 1. The van der Waals surface area contributed by atoms with Crippen LogP contribution in [0, 0.1) is 0 Å². The number of anilines is 1. The number of hydrogen-bond donors (Lipinski definition) is 1. The largest absolute Gasteiger partial charge is 0.493 e. The van der Waals surface area contributed by atoms with E-state index in [0.29, 0.717) is 42.3 Å². The summed E-state index contributed by atoms with van der Waals surface area (Å²) in [6, 6.07) is 12.0. The summed E-state index contributed by atoms with van der Waals surface area (Å²) in [6.07, 6.45) is 0.621. The highest BCUT2D eigenvalue weighted by atomic mass is 32.2. The smallest absolute Gasteiger partial charge is 0.251 e. The average Bonchev–Trinajstić information content (AvgIpc) is 3.04. The topological polar surface area (TPSA) is 84.9 Å². The van der Waals surface area contributed by atoms with E-state index < -0.39 is 10.0 Å². The van der Waals surface area contributed by atoms with Gasteiger partial charge in [-0.15, -0.1) is 0 Å². The Morgan fingerprint density at radius 3 is 2.37 bits per heavy atom. The van der Waals surface area contributed by atoms with Gasteiger partial charge in [0.1, 0.15) is 0 Å². The Balaban J connectivity index is 1.65. The van der Waals surface area contributed by atoms with Crippen molar-refractivity contribution in [3.8, 4) is 11.5 Å². The number of hydrogen-bond acceptors (Lipinski definition) is 5. The first-order valence-corrected chi connectivity index (χ1v) is 10.1. The zero-order valence-corrected chi connectivity index (χ0v) is 16.1. The lowest BCUT2D eigenvalue weighted by Crippen LogP contribution is -2.25. The zero-order chi connectivity index (χ0) is 19.4. The molecule has 1 N–H and O–H groups in total. The van der Waals surface area contributed by atoms with Crippen LogP contribution >= 0.6 is 0 Å². The van der Waals surface area contributed by atoms with Crippen LogP contribution in [0.4, 0.5) is 5.69 Å². The van der Waals surface area contributed by atoms with Gasteiger partial charge in [-0.05, 0) is 48.4 Å². The van der Waals surface area contributed by atoms with Crippen LogP contribution in [0.2, 0.25) is 0 Å². The third-order valence-corrected chi connectivity index (χ3v) is 6.29. The van der Waals surface area contributed by atoms with Crippen molar-refractivity contribution in [3.63, 3.8) is 0 Å². The fourth-order valence-electron chi connectivity index (χ4n) is 2.98. The van der Waals surface area contributed by atoms with Crippen LogP contribution < -0.4 is 19.1 Å². The molecular formula is C19H22N2O5S. The minimum atomic E-state index is -3.22. The Labute approximate surface area is 158 Å². The van der Waals surface area contributed by atoms with Gasteiger partial charge in [-0.25, -0.2) is 8.42 Å². The third-order valence-electron chi connectivity index (χ3n) is 4.42. The van der Waals surface area contributed by atoms with Crippen molar-refractivity contribution in [1.82, 2.24) is 5.32 Å². The fourth-order valence-corrected chi connectivity index (χ4v) is 4.55. The quantitative estimate of drug-likeness (QED) is 0.817. The Bertz CT molecular complexity index is 926. The summed E-state index contributed by atoms with van der Waals surface area (Å²) in [5, 5.41) is 2.84. The lowest BCUT2D eigenvalue weighted by Gasteiger charge is -2.17. The molecule has 144 valence electrons. The predicted octanol–water partition coefficient (Wildman–Crippen LogP) is 2.17. The van der Waals surface area contributed by atoms with Gasteiger partial charge in [0.25, 0.3) is 5.91 Å². The van der Waals surface area contributed by atoms with Gasteiger partial charge in [0.15, 0.2) is 11.5 Å². The van der Waals surface area contributed by atoms with Crippen molar-refractivity contribution in [2.45, 2.75) is 13.0 Å². The molecular weight excluding hydrogens is 368 g/mol. The predicted molar refractivity (Wildman–Crippen MR) is 103 cm³/mol. The number of nitrogens with zero attached hydrogens (tertiary/aromatic N) is 1. The second kappa shape index (κ2) is 7.87. The lowest BCUT2D eigenvalue weighted by atomic mass is 10.1. The Hall–Kier alpha value is -2.74. The summed E-state index contributed by atoms with van der Waals surface area (Å²) in [5.41, 5.74) is 1.93. The molecule has 1 aliphatic rings. The summed E-state index contributed by atoms with van der Waals surface area (Å²) >= 11 is 0. The van der Waals surface area contributed by atoms with Crippen molar-refractivity contribution in [1.29, 1.82) is 0 Å². The molecule has 1 amide bonds. The number of sulfonamides is 1. The monoisotopic (exact) mass is 390 g/mol. The molecule has 0 unspecified atom stereocenters. The first-order valence-electron chi connectivity index (χ1n) is 8.54. The Kier molecular flexibility index (Phi) is 5.55. The summed E-state index contributed by atoms with van der Waals surface area (Å²) in [6.45, 7) is 0.814. The summed E-state index contributed by atoms with van der Waals surface area (Å²) in [7, 11) is -0.0975. The number of amides is 1. The summed E-state index contributed by atoms with van der Waals surface area (Å²) in [5.74, 6) is 1.15. The van der Waals surface area contributed by atoms with E-state index in [0.717, 1.165) is 5.56 Å². The van der Waals surface area contributed by atoms with Crippen LogP contribution in [0.3, 0.4) is 0 Å². The van der Waals surface area contributed by atoms with Gasteiger partial charge < -0.3 is 14.8 Å². The highest BCUT2D eigenvalue weighted by Crippen LogP contribution is 2.27. The fraction of sp³-hybridized carbons (Fsp3) is 0.316. The van der Waals surface area contributed by atoms with E-state index in [1.54, 1.807) is 50.6 Å². The van der Waals surface area contributed by atoms with Gasteiger partial charge in [0.2, 0.25) is 10.0 Å². The molecule has 0 radical (unpaired) electrons. The number of rotatable bonds is 6. The van der Waals surface area contributed by atoms with E-state index in [2.05, 4.69) is 5.32 Å².